The van der Waals surface area contributed by atoms with Crippen molar-refractivity contribution in [3.8, 4) is 5.75 Å². The predicted octanol–water partition coefficient (Wildman–Crippen LogP) is 2.10. The fourth-order valence-corrected chi connectivity index (χ4v) is 1.63. The molecule has 0 unspecified atom stereocenters. The monoisotopic (exact) mass is 301 g/mol. The van der Waals surface area contributed by atoms with Crippen molar-refractivity contribution in [1.29, 1.82) is 0 Å². The Kier molecular flexibility index (Phi) is 5.65. The lowest BCUT2D eigenvalue weighted by atomic mass is 10.2. The summed E-state index contributed by atoms with van der Waals surface area (Å²) in [6, 6.07) is 7.60. The maximum Gasteiger partial charge on any atom is 0.274 e. The molecular formula is C15H19N5O2. The Labute approximate surface area is 128 Å². The molecule has 2 rings (SSSR count). The molecule has 0 aliphatic carbocycles. The van der Waals surface area contributed by atoms with E-state index in [1.165, 1.54) is 0 Å². The van der Waals surface area contributed by atoms with Gasteiger partial charge < -0.3 is 4.74 Å². The number of ether oxygens (including phenoxy) is 1. The average Bonchev–Trinajstić information content (AvgIpc) is 2.52. The Bertz CT molecular complexity index is 696. The molecule has 1 aromatic carbocycles. The van der Waals surface area contributed by atoms with Crippen LogP contribution >= 0.6 is 0 Å². The molecule has 2 aromatic rings. The molecule has 7 nitrogen and oxygen atoms in total. The minimum absolute atomic E-state index is 0.196. The van der Waals surface area contributed by atoms with Crippen molar-refractivity contribution in [2.45, 2.75) is 26.7 Å². The minimum Gasteiger partial charge on any atom is -0.494 e. The number of H-pyrrole nitrogens is 1. The van der Waals surface area contributed by atoms with Crippen molar-refractivity contribution in [2.24, 2.45) is 5.10 Å². The zero-order chi connectivity index (χ0) is 15.8. The van der Waals surface area contributed by atoms with E-state index in [1.807, 2.05) is 24.3 Å². The van der Waals surface area contributed by atoms with Crippen molar-refractivity contribution >= 4 is 12.2 Å². The van der Waals surface area contributed by atoms with Crippen LogP contribution < -0.4 is 15.7 Å². The number of hydrogen-bond donors (Lipinski definition) is 2. The highest BCUT2D eigenvalue weighted by Gasteiger charge is 1.98. The first-order valence-electron chi connectivity index (χ1n) is 7.14. The largest absolute Gasteiger partial charge is 0.494 e. The van der Waals surface area contributed by atoms with E-state index < -0.39 is 0 Å². The highest BCUT2D eigenvalue weighted by Crippen LogP contribution is 2.12. The molecule has 0 aliphatic rings. The number of rotatable bonds is 7. The zero-order valence-corrected chi connectivity index (χ0v) is 12.7. The van der Waals surface area contributed by atoms with Crippen LogP contribution in [0.25, 0.3) is 0 Å². The molecule has 0 aliphatic heterocycles. The normalized spacial score (nSPS) is 10.8. The van der Waals surface area contributed by atoms with Crippen molar-refractivity contribution < 1.29 is 4.74 Å². The zero-order valence-electron chi connectivity index (χ0n) is 12.7. The molecule has 0 fully saturated rings. The number of aromatic amines is 1. The van der Waals surface area contributed by atoms with Crippen LogP contribution in [-0.4, -0.2) is 28.0 Å². The van der Waals surface area contributed by atoms with Gasteiger partial charge in [0.1, 0.15) is 11.4 Å². The van der Waals surface area contributed by atoms with Crippen LogP contribution in [0.3, 0.4) is 0 Å². The molecule has 0 atom stereocenters. The number of anilines is 1. The van der Waals surface area contributed by atoms with Gasteiger partial charge in [-0.25, -0.2) is 5.43 Å². The number of nitrogens with zero attached hydrogens (tertiary/aromatic N) is 3. The summed E-state index contributed by atoms with van der Waals surface area (Å²) in [5.41, 5.74) is 3.53. The van der Waals surface area contributed by atoms with E-state index in [1.54, 1.807) is 13.1 Å². The third-order valence-electron chi connectivity index (χ3n) is 2.87. The fourth-order valence-electron chi connectivity index (χ4n) is 1.63. The lowest BCUT2D eigenvalue weighted by molar-refractivity contribution is 0.309. The molecule has 2 N–H and O–H groups in total. The van der Waals surface area contributed by atoms with Crippen LogP contribution in [0.2, 0.25) is 0 Å². The Balaban J connectivity index is 1.96. The second-order valence-electron chi connectivity index (χ2n) is 4.73. The van der Waals surface area contributed by atoms with Crippen LogP contribution in [0.5, 0.6) is 5.75 Å². The van der Waals surface area contributed by atoms with Gasteiger partial charge in [-0.1, -0.05) is 25.5 Å². The summed E-state index contributed by atoms with van der Waals surface area (Å²) in [5.74, 6) is 1.00. The van der Waals surface area contributed by atoms with Gasteiger partial charge in [0.05, 0.1) is 12.8 Å². The van der Waals surface area contributed by atoms with Crippen molar-refractivity contribution in [3.63, 3.8) is 0 Å². The van der Waals surface area contributed by atoms with Gasteiger partial charge in [-0.05, 0) is 31.0 Å². The Hall–Kier alpha value is -2.70. The van der Waals surface area contributed by atoms with E-state index in [9.17, 15) is 4.79 Å². The molecule has 116 valence electrons. The smallest absolute Gasteiger partial charge is 0.274 e. The Morgan fingerprint density at radius 3 is 3.05 bits per heavy atom. The number of hydrazone groups is 1. The number of nitrogens with one attached hydrogen (secondary N) is 2. The summed E-state index contributed by atoms with van der Waals surface area (Å²) in [7, 11) is 0. The van der Waals surface area contributed by atoms with Crippen LogP contribution in [0.15, 0.2) is 34.2 Å². The Morgan fingerprint density at radius 1 is 1.41 bits per heavy atom. The summed E-state index contributed by atoms with van der Waals surface area (Å²) in [4.78, 5) is 13.9. The van der Waals surface area contributed by atoms with Gasteiger partial charge in [0.2, 0.25) is 5.95 Å². The van der Waals surface area contributed by atoms with Crippen LogP contribution in [0, 0.1) is 6.92 Å². The first-order chi connectivity index (χ1) is 10.7. The third-order valence-corrected chi connectivity index (χ3v) is 2.87. The van der Waals surface area contributed by atoms with E-state index in [0.717, 1.165) is 24.2 Å². The quantitative estimate of drug-likeness (QED) is 0.464. The molecule has 0 amide bonds. The van der Waals surface area contributed by atoms with E-state index in [-0.39, 0.29) is 11.5 Å². The van der Waals surface area contributed by atoms with Crippen molar-refractivity contribution in [3.05, 3.63) is 45.9 Å². The van der Waals surface area contributed by atoms with Crippen LogP contribution in [0.4, 0.5) is 5.95 Å². The molecular weight excluding hydrogens is 282 g/mol. The standard InChI is InChI=1S/C15H19N5O2/c1-3-4-8-22-13-7-5-6-12(9-13)10-16-19-15-17-14(21)11(2)18-20-15/h5-7,9-10H,3-4,8H2,1-2H3,(H2,17,19,20,21)/b16-10+. The minimum atomic E-state index is -0.293. The van der Waals surface area contributed by atoms with Gasteiger partial charge in [-0.3, -0.25) is 9.78 Å². The second-order valence-corrected chi connectivity index (χ2v) is 4.73. The highest BCUT2D eigenvalue weighted by atomic mass is 16.5. The molecule has 0 saturated carbocycles. The molecule has 22 heavy (non-hydrogen) atoms. The summed E-state index contributed by atoms with van der Waals surface area (Å²) in [5, 5.41) is 11.5. The average molecular weight is 301 g/mol. The summed E-state index contributed by atoms with van der Waals surface area (Å²) in [6.45, 7) is 4.41. The first kappa shape index (κ1) is 15.7. The fraction of sp³-hybridized carbons (Fsp3) is 0.333. The van der Waals surface area contributed by atoms with Crippen LogP contribution in [-0.2, 0) is 0 Å². The molecule has 0 bridgehead atoms. The predicted molar refractivity (Wildman–Crippen MR) is 85.5 cm³/mol. The number of unbranched alkanes of at least 4 members (excludes halogenated alkanes) is 1. The Morgan fingerprint density at radius 2 is 2.27 bits per heavy atom. The molecule has 1 heterocycles. The van der Waals surface area contributed by atoms with Gasteiger partial charge in [0.25, 0.3) is 5.56 Å². The molecule has 0 spiro atoms. The van der Waals surface area contributed by atoms with Gasteiger partial charge in [-0.15, -0.1) is 10.2 Å². The molecule has 1 aromatic heterocycles. The SMILES string of the molecule is CCCCOc1cccc(/C=N/Nc2nnc(C)c(=O)[nH]2)c1. The van der Waals surface area contributed by atoms with Gasteiger partial charge in [0, 0.05) is 0 Å². The topological polar surface area (TPSA) is 92.3 Å². The van der Waals surface area contributed by atoms with E-state index >= 15 is 0 Å². The van der Waals surface area contributed by atoms with Crippen molar-refractivity contribution in [2.75, 3.05) is 12.0 Å². The first-order valence-corrected chi connectivity index (χ1v) is 7.14. The van der Waals surface area contributed by atoms with Crippen LogP contribution in [0.1, 0.15) is 31.0 Å². The summed E-state index contributed by atoms with van der Waals surface area (Å²) < 4.78 is 5.63. The summed E-state index contributed by atoms with van der Waals surface area (Å²) in [6.07, 6.45) is 3.74. The molecule has 0 radical (unpaired) electrons. The highest BCUT2D eigenvalue weighted by molar-refractivity contribution is 5.80. The van der Waals surface area contributed by atoms with E-state index in [2.05, 4.69) is 32.6 Å². The number of aromatic nitrogens is 3. The van der Waals surface area contributed by atoms with Gasteiger partial charge >= 0.3 is 0 Å². The second kappa shape index (κ2) is 7.92. The maximum atomic E-state index is 11.4. The molecule has 0 saturated heterocycles. The van der Waals surface area contributed by atoms with Crippen molar-refractivity contribution in [1.82, 2.24) is 15.2 Å². The van der Waals surface area contributed by atoms with E-state index in [4.69, 9.17) is 4.74 Å². The number of benzene rings is 1. The number of hydrogen-bond acceptors (Lipinski definition) is 6. The van der Waals surface area contributed by atoms with Gasteiger partial charge in [0.15, 0.2) is 0 Å². The molecule has 7 heteroatoms. The van der Waals surface area contributed by atoms with E-state index in [0.29, 0.717) is 12.3 Å². The number of aryl methyl sites for hydroxylation is 1. The lowest BCUT2D eigenvalue weighted by Gasteiger charge is -2.05. The lowest BCUT2D eigenvalue weighted by Crippen LogP contribution is -2.15. The third kappa shape index (κ3) is 4.69. The van der Waals surface area contributed by atoms with Gasteiger partial charge in [-0.2, -0.15) is 5.10 Å². The maximum absolute atomic E-state index is 11.4. The summed E-state index contributed by atoms with van der Waals surface area (Å²) >= 11 is 0.